The number of rotatable bonds is 14. The van der Waals surface area contributed by atoms with E-state index >= 15 is 0 Å². The van der Waals surface area contributed by atoms with Crippen molar-refractivity contribution >= 4 is 67.7 Å². The number of ketones is 2. The molecule has 0 unspecified atom stereocenters. The van der Waals surface area contributed by atoms with Gasteiger partial charge in [0, 0.05) is 38.6 Å². The molecule has 0 aliphatic carbocycles. The van der Waals surface area contributed by atoms with Crippen LogP contribution in [0.4, 0.5) is 9.52 Å². The first kappa shape index (κ1) is 42.8. The van der Waals surface area contributed by atoms with Crippen molar-refractivity contribution in [2.75, 3.05) is 33.9 Å². The zero-order chi connectivity index (χ0) is 43.0. The molecule has 0 radical (unpaired) electrons. The second-order valence-corrected chi connectivity index (χ2v) is 16.1. The van der Waals surface area contributed by atoms with Crippen LogP contribution in [0.2, 0.25) is 5.02 Å². The summed E-state index contributed by atoms with van der Waals surface area (Å²) in [6.45, 7) is 0. The summed E-state index contributed by atoms with van der Waals surface area (Å²) < 4.78 is 37.4. The first-order valence-electron chi connectivity index (χ1n) is 18.2. The number of nitrogens with one attached hydrogen (secondary N) is 1. The maximum atomic E-state index is 14.3. The number of aromatic nitrogens is 4. The fourth-order valence-corrected chi connectivity index (χ4v) is 9.46. The number of carbonyl (C=O) groups is 2. The highest BCUT2D eigenvalue weighted by Crippen LogP contribution is 2.39. The van der Waals surface area contributed by atoms with E-state index in [2.05, 4.69) is 20.6 Å². The van der Waals surface area contributed by atoms with E-state index in [4.69, 9.17) is 36.4 Å². The van der Waals surface area contributed by atoms with Crippen LogP contribution in [0.15, 0.2) is 120 Å². The highest BCUT2D eigenvalue weighted by Gasteiger charge is 2.26. The average Bonchev–Trinajstić information content (AvgIpc) is 4.03. The van der Waals surface area contributed by atoms with Crippen LogP contribution in [-0.4, -0.2) is 59.6 Å². The fraction of sp³-hybridized carbons (Fsp3) is 0.114. The molecule has 0 aliphatic heterocycles. The predicted octanol–water partition coefficient (Wildman–Crippen LogP) is 10.1. The fourth-order valence-electron chi connectivity index (χ4n) is 6.21. The largest absolute Gasteiger partial charge is 0.493 e. The number of nitrogen functional groups attached to an aromatic ring is 1. The van der Waals surface area contributed by atoms with Gasteiger partial charge in [0.05, 0.1) is 39.8 Å². The SMILES string of the molecule is COc1ccc(C(=O)c2sc(NN)nc2-c2ccccc2)cc1OC.COc1ccc(C(=O)c2sc3nnc(SCc4c(F)cccc4Cl)n3c2-c2ccccc2)cc1OC. The molecule has 0 atom stereocenters. The first-order valence-corrected chi connectivity index (χ1v) is 21.2. The Hall–Kier alpha value is -6.30. The van der Waals surface area contributed by atoms with Crippen molar-refractivity contribution in [1.82, 2.24) is 19.6 Å². The molecule has 0 spiro atoms. The molecule has 310 valence electrons. The molecule has 8 rings (SSSR count). The summed E-state index contributed by atoms with van der Waals surface area (Å²) in [5.74, 6) is 7.09. The van der Waals surface area contributed by atoms with E-state index in [1.54, 1.807) is 62.8 Å². The number of carbonyl (C=O) groups excluding carboxylic acids is 2. The van der Waals surface area contributed by atoms with E-state index < -0.39 is 0 Å². The maximum Gasteiger partial charge on any atom is 0.218 e. The smallest absolute Gasteiger partial charge is 0.218 e. The van der Waals surface area contributed by atoms with E-state index in [0.29, 0.717) is 81.1 Å². The summed E-state index contributed by atoms with van der Waals surface area (Å²) in [7, 11) is 6.15. The normalized spacial score (nSPS) is 10.8. The number of halogens is 2. The molecule has 0 amide bonds. The highest BCUT2D eigenvalue weighted by atomic mass is 35.5. The lowest BCUT2D eigenvalue weighted by Crippen LogP contribution is -2.05. The van der Waals surface area contributed by atoms with E-state index in [1.807, 2.05) is 65.1 Å². The van der Waals surface area contributed by atoms with Crippen molar-refractivity contribution in [3.8, 4) is 45.5 Å². The van der Waals surface area contributed by atoms with Crippen LogP contribution >= 0.6 is 46.0 Å². The summed E-state index contributed by atoms with van der Waals surface area (Å²) in [5, 5.41) is 9.98. The molecule has 17 heteroatoms. The monoisotopic (exact) mass is 894 g/mol. The number of benzene rings is 5. The highest BCUT2D eigenvalue weighted by molar-refractivity contribution is 7.98. The molecular weight excluding hydrogens is 859 g/mol. The van der Waals surface area contributed by atoms with Crippen LogP contribution < -0.4 is 30.2 Å². The lowest BCUT2D eigenvalue weighted by molar-refractivity contribution is 0.103. The van der Waals surface area contributed by atoms with Crippen molar-refractivity contribution in [1.29, 1.82) is 0 Å². The van der Waals surface area contributed by atoms with Gasteiger partial charge in [-0.2, -0.15) is 0 Å². The number of fused-ring (bicyclic) bond motifs is 1. The van der Waals surface area contributed by atoms with E-state index in [0.717, 1.165) is 11.1 Å². The molecule has 0 aliphatic rings. The first-order chi connectivity index (χ1) is 29.7. The molecule has 61 heavy (non-hydrogen) atoms. The van der Waals surface area contributed by atoms with Gasteiger partial charge in [-0.05, 0) is 48.5 Å². The minimum absolute atomic E-state index is 0.154. The van der Waals surface area contributed by atoms with Crippen molar-refractivity contribution in [2.45, 2.75) is 10.9 Å². The maximum absolute atomic E-state index is 14.3. The summed E-state index contributed by atoms with van der Waals surface area (Å²) in [6.07, 6.45) is 0. The molecule has 8 aromatic rings. The second-order valence-electron chi connectivity index (χ2n) is 12.7. The van der Waals surface area contributed by atoms with Gasteiger partial charge in [-0.1, -0.05) is 113 Å². The lowest BCUT2D eigenvalue weighted by atomic mass is 10.0. The number of thioether (sulfide) groups is 1. The number of thiazole rings is 2. The Morgan fingerprint density at radius 3 is 1.85 bits per heavy atom. The number of hydrogen-bond acceptors (Lipinski definition) is 14. The number of anilines is 1. The topological polar surface area (TPSA) is 152 Å². The van der Waals surface area contributed by atoms with E-state index in [9.17, 15) is 14.0 Å². The molecule has 0 fully saturated rings. The van der Waals surface area contributed by atoms with Crippen LogP contribution in [0.1, 0.15) is 36.0 Å². The zero-order valence-electron chi connectivity index (χ0n) is 33.0. The van der Waals surface area contributed by atoms with Crippen LogP contribution in [-0.2, 0) is 5.75 Å². The zero-order valence-corrected chi connectivity index (χ0v) is 36.2. The number of methoxy groups -OCH3 is 4. The van der Waals surface area contributed by atoms with Crippen LogP contribution in [0, 0.1) is 5.82 Å². The van der Waals surface area contributed by atoms with Crippen molar-refractivity contribution in [3.63, 3.8) is 0 Å². The molecule has 3 N–H and O–H groups in total. The third-order valence-electron chi connectivity index (χ3n) is 9.19. The van der Waals surface area contributed by atoms with Crippen molar-refractivity contribution in [2.24, 2.45) is 5.84 Å². The van der Waals surface area contributed by atoms with Gasteiger partial charge in [0.25, 0.3) is 0 Å². The Bertz CT molecular complexity index is 2820. The van der Waals surface area contributed by atoms with Gasteiger partial charge in [0.15, 0.2) is 33.3 Å². The van der Waals surface area contributed by atoms with E-state index in [-0.39, 0.29) is 23.1 Å². The Morgan fingerprint density at radius 2 is 1.30 bits per heavy atom. The third kappa shape index (κ3) is 9.08. The van der Waals surface area contributed by atoms with Crippen molar-refractivity contribution in [3.05, 3.63) is 153 Å². The van der Waals surface area contributed by atoms with Crippen LogP contribution in [0.3, 0.4) is 0 Å². The van der Waals surface area contributed by atoms with Gasteiger partial charge in [-0.25, -0.2) is 15.2 Å². The van der Waals surface area contributed by atoms with Gasteiger partial charge in [-0.3, -0.25) is 19.4 Å². The number of ether oxygens (including phenoxy) is 4. The van der Waals surface area contributed by atoms with Crippen molar-refractivity contribution < 1.29 is 32.9 Å². The Kier molecular flexibility index (Phi) is 13.6. The molecule has 5 aromatic carbocycles. The lowest BCUT2D eigenvalue weighted by Gasteiger charge is -2.10. The van der Waals surface area contributed by atoms with Crippen LogP contribution in [0.5, 0.6) is 23.0 Å². The summed E-state index contributed by atoms with van der Waals surface area (Å²) in [4.78, 5) is 32.8. The van der Waals surface area contributed by atoms with E-state index in [1.165, 1.54) is 54.7 Å². The minimum Gasteiger partial charge on any atom is -0.493 e. The Morgan fingerprint density at radius 1 is 0.721 bits per heavy atom. The van der Waals surface area contributed by atoms with Crippen LogP contribution in [0.25, 0.3) is 27.5 Å². The summed E-state index contributed by atoms with van der Waals surface area (Å²) >= 11 is 9.98. The standard InChI is InChI=1S/C26H19ClFN3O3S2.C18H17N3O3S/c1-33-20-12-11-16(13-21(20)34-2)23(32)24-22(15-7-4-3-5-8-15)31-25(29-30-26(31)36-24)35-14-17-18(27)9-6-10-19(17)28;1-23-13-9-8-12(10-14(13)24-2)16(22)17-15(20-18(21-19)25-17)11-6-4-3-5-7-11/h3-13H,14H2,1-2H3;3-10H,19H2,1-2H3,(H,20,21). The molecule has 0 bridgehead atoms. The number of hydrogen-bond donors (Lipinski definition) is 2. The quantitative estimate of drug-likeness (QED) is 0.0463. The third-order valence-corrected chi connectivity index (χ3v) is 12.5. The molecule has 3 aromatic heterocycles. The Labute approximate surface area is 367 Å². The molecular formula is C44H36ClFN6O6S3. The van der Waals surface area contributed by atoms with Gasteiger partial charge in [0.2, 0.25) is 16.5 Å². The number of nitrogens with zero attached hydrogens (tertiary/aromatic N) is 4. The van der Waals surface area contributed by atoms with Gasteiger partial charge < -0.3 is 18.9 Å². The minimum atomic E-state index is -0.381. The van der Waals surface area contributed by atoms with Gasteiger partial charge in [0.1, 0.15) is 15.6 Å². The molecule has 0 saturated carbocycles. The van der Waals surface area contributed by atoms with Gasteiger partial charge in [-0.15, -0.1) is 10.2 Å². The second kappa shape index (κ2) is 19.4. The van der Waals surface area contributed by atoms with Gasteiger partial charge >= 0.3 is 0 Å². The number of hydrazine groups is 1. The molecule has 12 nitrogen and oxygen atoms in total. The Balaban J connectivity index is 0.000000197. The average molecular weight is 895 g/mol. The molecule has 3 heterocycles. The summed E-state index contributed by atoms with van der Waals surface area (Å²) in [5.41, 5.74) is 6.79. The summed E-state index contributed by atoms with van der Waals surface area (Å²) in [6, 6.07) is 33.8. The number of nitrogens with two attached hydrogens (primary N) is 1. The predicted molar refractivity (Wildman–Crippen MR) is 239 cm³/mol. The molecule has 0 saturated heterocycles.